The van der Waals surface area contributed by atoms with Gasteiger partial charge in [-0.25, -0.2) is 0 Å². The number of H-pyrrole nitrogens is 1. The molecule has 0 amide bonds. The van der Waals surface area contributed by atoms with E-state index in [1.165, 1.54) is 5.57 Å². The second kappa shape index (κ2) is 2.39. The Morgan fingerprint density at radius 3 is 3.38 bits per heavy atom. The van der Waals surface area contributed by atoms with Crippen molar-refractivity contribution in [3.63, 3.8) is 0 Å². The molecule has 1 aliphatic heterocycles. The Kier molecular flexibility index (Phi) is 1.25. The summed E-state index contributed by atoms with van der Waals surface area (Å²) >= 11 is 0. The maximum absolute atomic E-state index is 5.69. The predicted molar refractivity (Wildman–Crippen MR) is 51.2 cm³/mol. The number of nitrogens with one attached hydrogen (secondary N) is 1. The van der Waals surface area contributed by atoms with Gasteiger partial charge >= 0.3 is 0 Å². The zero-order valence-corrected chi connectivity index (χ0v) is 7.08. The Hall–Kier alpha value is -1.70. The van der Waals surface area contributed by atoms with Gasteiger partial charge in [0.25, 0.3) is 0 Å². The van der Waals surface area contributed by atoms with Gasteiger partial charge in [-0.15, -0.1) is 0 Å². The molecule has 1 aromatic heterocycles. The van der Waals surface area contributed by atoms with Gasteiger partial charge in [0.2, 0.25) is 0 Å². The molecular formula is C11H9NO. The number of aromatic nitrogens is 1. The maximum atomic E-state index is 5.69. The molecule has 0 aromatic carbocycles. The van der Waals surface area contributed by atoms with Crippen molar-refractivity contribution in [2.45, 2.75) is 6.42 Å². The van der Waals surface area contributed by atoms with Crippen molar-refractivity contribution >= 4 is 6.08 Å². The first-order valence-corrected chi connectivity index (χ1v) is 4.36. The molecular weight excluding hydrogens is 162 g/mol. The molecule has 0 unspecified atom stereocenters. The topological polar surface area (TPSA) is 25.0 Å². The van der Waals surface area contributed by atoms with Crippen molar-refractivity contribution < 1.29 is 4.74 Å². The van der Waals surface area contributed by atoms with Crippen LogP contribution in [0.5, 0.6) is 5.75 Å². The lowest BCUT2D eigenvalue weighted by atomic mass is 10.0. The van der Waals surface area contributed by atoms with E-state index in [-0.39, 0.29) is 0 Å². The second-order valence-corrected chi connectivity index (χ2v) is 3.19. The molecule has 2 heterocycles. The number of hydrogen-bond acceptors (Lipinski definition) is 1. The highest BCUT2D eigenvalue weighted by molar-refractivity contribution is 5.65. The Labute approximate surface area is 76.2 Å². The van der Waals surface area contributed by atoms with E-state index in [9.17, 15) is 0 Å². The standard InChI is InChI=1S/C11H9NO/c1-2-4-10-8(3-1)7-9-11(13-10)5-6-12-9/h1-2,4-7,12H,3H2. The summed E-state index contributed by atoms with van der Waals surface area (Å²) < 4.78 is 5.69. The highest BCUT2D eigenvalue weighted by Crippen LogP contribution is 2.33. The minimum absolute atomic E-state index is 0.922. The van der Waals surface area contributed by atoms with E-state index in [2.05, 4.69) is 17.1 Å². The van der Waals surface area contributed by atoms with Crippen LogP contribution < -0.4 is 4.74 Å². The van der Waals surface area contributed by atoms with Gasteiger partial charge in [0.05, 0.1) is 5.69 Å². The molecule has 3 rings (SSSR count). The third-order valence-corrected chi connectivity index (χ3v) is 2.32. The van der Waals surface area contributed by atoms with Gasteiger partial charge in [-0.05, 0) is 24.6 Å². The summed E-state index contributed by atoms with van der Waals surface area (Å²) in [6, 6.07) is 1.95. The first-order chi connectivity index (χ1) is 6.43. The van der Waals surface area contributed by atoms with E-state index in [0.717, 1.165) is 23.6 Å². The van der Waals surface area contributed by atoms with Crippen LogP contribution >= 0.6 is 0 Å². The lowest BCUT2D eigenvalue weighted by molar-refractivity contribution is 0.428. The SMILES string of the molecule is C1=CCC2=Cc3[nH]ccc3OC2=C1. The molecule has 2 aliphatic rings. The molecule has 0 atom stereocenters. The molecule has 64 valence electrons. The Morgan fingerprint density at radius 1 is 1.38 bits per heavy atom. The number of aromatic amines is 1. The van der Waals surface area contributed by atoms with Gasteiger partial charge < -0.3 is 9.72 Å². The molecule has 0 bridgehead atoms. The molecule has 0 fully saturated rings. The van der Waals surface area contributed by atoms with Crippen LogP contribution in [0.4, 0.5) is 0 Å². The number of rotatable bonds is 0. The summed E-state index contributed by atoms with van der Waals surface area (Å²) in [5.74, 6) is 1.90. The predicted octanol–water partition coefficient (Wildman–Crippen LogP) is 2.63. The van der Waals surface area contributed by atoms with Crippen molar-refractivity contribution in [3.05, 3.63) is 47.5 Å². The normalized spacial score (nSPS) is 18.2. The molecule has 1 aliphatic carbocycles. The highest BCUT2D eigenvalue weighted by atomic mass is 16.5. The summed E-state index contributed by atoms with van der Waals surface area (Å²) in [5, 5.41) is 0. The highest BCUT2D eigenvalue weighted by Gasteiger charge is 2.17. The van der Waals surface area contributed by atoms with Crippen LogP contribution in [0.25, 0.3) is 6.08 Å². The third-order valence-electron chi connectivity index (χ3n) is 2.32. The average Bonchev–Trinajstić information content (AvgIpc) is 2.61. The van der Waals surface area contributed by atoms with E-state index in [1.807, 2.05) is 24.4 Å². The van der Waals surface area contributed by atoms with Crippen molar-refractivity contribution in [2.24, 2.45) is 0 Å². The van der Waals surface area contributed by atoms with Gasteiger partial charge in [0.15, 0.2) is 5.75 Å². The number of allylic oxidation sites excluding steroid dienone is 4. The van der Waals surface area contributed by atoms with Crippen LogP contribution in [0.2, 0.25) is 0 Å². The summed E-state index contributed by atoms with van der Waals surface area (Å²) in [4.78, 5) is 3.14. The van der Waals surface area contributed by atoms with Gasteiger partial charge in [-0.2, -0.15) is 0 Å². The van der Waals surface area contributed by atoms with Gasteiger partial charge in [0, 0.05) is 11.8 Å². The zero-order chi connectivity index (χ0) is 8.67. The van der Waals surface area contributed by atoms with Gasteiger partial charge in [-0.3, -0.25) is 0 Å². The Morgan fingerprint density at radius 2 is 2.38 bits per heavy atom. The van der Waals surface area contributed by atoms with E-state index in [0.29, 0.717) is 0 Å². The minimum Gasteiger partial charge on any atom is -0.455 e. The second-order valence-electron chi connectivity index (χ2n) is 3.19. The summed E-state index contributed by atoms with van der Waals surface area (Å²) in [6.45, 7) is 0. The fraction of sp³-hybridized carbons (Fsp3) is 0.0909. The summed E-state index contributed by atoms with van der Waals surface area (Å²) in [6.07, 6.45) is 11.2. The first kappa shape index (κ1) is 6.78. The molecule has 0 spiro atoms. The van der Waals surface area contributed by atoms with Gasteiger partial charge in [-0.1, -0.05) is 12.2 Å². The van der Waals surface area contributed by atoms with Crippen LogP contribution in [0.3, 0.4) is 0 Å². The molecule has 0 radical (unpaired) electrons. The van der Waals surface area contributed by atoms with Crippen LogP contribution in [0, 0.1) is 0 Å². The fourth-order valence-electron chi connectivity index (χ4n) is 1.65. The van der Waals surface area contributed by atoms with Crippen LogP contribution in [0.15, 0.2) is 41.8 Å². The van der Waals surface area contributed by atoms with Crippen molar-refractivity contribution in [3.8, 4) is 5.75 Å². The van der Waals surface area contributed by atoms with E-state index in [4.69, 9.17) is 4.74 Å². The lowest BCUT2D eigenvalue weighted by Crippen LogP contribution is -2.05. The fourth-order valence-corrected chi connectivity index (χ4v) is 1.65. The number of hydrogen-bond donors (Lipinski definition) is 1. The van der Waals surface area contributed by atoms with Crippen molar-refractivity contribution in [2.75, 3.05) is 0 Å². The number of fused-ring (bicyclic) bond motifs is 2. The monoisotopic (exact) mass is 171 g/mol. The summed E-state index contributed by atoms with van der Waals surface area (Å²) in [7, 11) is 0. The average molecular weight is 171 g/mol. The minimum atomic E-state index is 0.922. The smallest absolute Gasteiger partial charge is 0.152 e. The van der Waals surface area contributed by atoms with Crippen LogP contribution in [0.1, 0.15) is 12.1 Å². The molecule has 2 heteroatoms. The van der Waals surface area contributed by atoms with Crippen molar-refractivity contribution in [1.29, 1.82) is 0 Å². The maximum Gasteiger partial charge on any atom is 0.152 e. The lowest BCUT2D eigenvalue weighted by Gasteiger charge is -2.18. The molecule has 13 heavy (non-hydrogen) atoms. The molecule has 0 saturated carbocycles. The van der Waals surface area contributed by atoms with Crippen LogP contribution in [-0.4, -0.2) is 4.98 Å². The summed E-state index contributed by atoms with van der Waals surface area (Å²) in [5.41, 5.74) is 2.32. The van der Waals surface area contributed by atoms with E-state index in [1.54, 1.807) is 0 Å². The molecule has 1 N–H and O–H groups in total. The van der Waals surface area contributed by atoms with E-state index >= 15 is 0 Å². The van der Waals surface area contributed by atoms with Crippen LogP contribution in [-0.2, 0) is 0 Å². The zero-order valence-electron chi connectivity index (χ0n) is 7.08. The molecule has 0 saturated heterocycles. The first-order valence-electron chi connectivity index (χ1n) is 4.36. The van der Waals surface area contributed by atoms with E-state index < -0.39 is 0 Å². The number of ether oxygens (including phenoxy) is 1. The Balaban J connectivity index is 2.15. The Bertz CT molecular complexity index is 435. The quantitative estimate of drug-likeness (QED) is 0.637. The van der Waals surface area contributed by atoms with Gasteiger partial charge in [0.1, 0.15) is 5.76 Å². The van der Waals surface area contributed by atoms with Crippen molar-refractivity contribution in [1.82, 2.24) is 4.98 Å². The third kappa shape index (κ3) is 0.952. The largest absolute Gasteiger partial charge is 0.455 e. The molecule has 1 aromatic rings. The molecule has 2 nitrogen and oxygen atoms in total.